The Labute approximate surface area is 267 Å². The summed E-state index contributed by atoms with van der Waals surface area (Å²) in [6.07, 6.45) is 8.46. The predicted octanol–water partition coefficient (Wildman–Crippen LogP) is 7.44. The maximum atomic E-state index is 9.46. The Hall–Kier alpha value is -4.98. The van der Waals surface area contributed by atoms with Crippen molar-refractivity contribution < 1.29 is 45.7 Å². The zero-order valence-electron chi connectivity index (χ0n) is 25.2. The number of hydrogen-bond donors (Lipinski definition) is 0. The van der Waals surface area contributed by atoms with Crippen LogP contribution in [0.4, 0.5) is 0 Å². The van der Waals surface area contributed by atoms with Gasteiger partial charge in [0.05, 0.1) is 0 Å². The van der Waals surface area contributed by atoms with Crippen molar-refractivity contribution in [2.24, 2.45) is 0 Å². The van der Waals surface area contributed by atoms with Gasteiger partial charge in [-0.3, -0.25) is 0 Å². The molecule has 0 N–H and O–H groups in total. The second-order valence-corrected chi connectivity index (χ2v) is 18.2. The molecule has 6 rings (SSSR count). The van der Waals surface area contributed by atoms with Gasteiger partial charge in [0.2, 0.25) is 0 Å². The van der Waals surface area contributed by atoms with Gasteiger partial charge >= 0.3 is 269 Å². The Morgan fingerprint density at radius 1 is 0.533 bits per heavy atom. The summed E-state index contributed by atoms with van der Waals surface area (Å²) in [7, 11) is 6.48. The van der Waals surface area contributed by atoms with E-state index in [1.54, 1.807) is 52.7 Å². The Bertz CT molecular complexity index is 1750. The molecule has 0 radical (unpaired) electrons. The molecule has 2 atom stereocenters. The minimum atomic E-state index is -4.75. The van der Waals surface area contributed by atoms with Gasteiger partial charge < -0.3 is 0 Å². The van der Waals surface area contributed by atoms with Crippen LogP contribution in [0.1, 0.15) is 40.6 Å². The summed E-state index contributed by atoms with van der Waals surface area (Å²) in [6.45, 7) is 0. The molecule has 0 amide bonds. The van der Waals surface area contributed by atoms with E-state index in [1.807, 2.05) is 48.5 Å². The first-order chi connectivity index (χ1) is 22.0. The molecule has 9 heteroatoms. The first kappa shape index (κ1) is 30.1. The fourth-order valence-corrected chi connectivity index (χ4v) is 15.9. The van der Waals surface area contributed by atoms with Crippen LogP contribution in [0.5, 0.6) is 34.5 Å². The molecule has 224 valence electrons. The monoisotopic (exact) mass is 676 g/mol. The van der Waals surface area contributed by atoms with Crippen molar-refractivity contribution in [3.8, 4) is 46.6 Å². The van der Waals surface area contributed by atoms with Crippen LogP contribution in [0.3, 0.4) is 0 Å². The van der Waals surface area contributed by atoms with Crippen LogP contribution in [-0.2, 0) is 21.1 Å². The van der Waals surface area contributed by atoms with E-state index in [2.05, 4.69) is 36.4 Å². The van der Waals surface area contributed by atoms with Gasteiger partial charge in [-0.25, -0.2) is 0 Å². The van der Waals surface area contributed by atoms with Crippen molar-refractivity contribution in [2.45, 2.75) is 7.25 Å². The normalized spacial score (nSPS) is 15.8. The van der Waals surface area contributed by atoms with Gasteiger partial charge in [-0.2, -0.15) is 0 Å². The van der Waals surface area contributed by atoms with Crippen molar-refractivity contribution in [3.63, 3.8) is 0 Å². The summed E-state index contributed by atoms with van der Waals surface area (Å²) in [6, 6.07) is 26.5. The molecular weight excluding hydrogens is 648 g/mol. The number of allylic oxidation sites excluding steroid dienone is 2. The van der Waals surface area contributed by atoms with Crippen LogP contribution in [0.15, 0.2) is 84.9 Å². The molecule has 4 aromatic carbocycles. The van der Waals surface area contributed by atoms with Crippen molar-refractivity contribution in [3.05, 3.63) is 118 Å². The molecule has 2 aliphatic rings. The zero-order chi connectivity index (χ0) is 31.6. The third-order valence-corrected chi connectivity index (χ3v) is 17.6. The molecule has 0 saturated carbocycles. The van der Waals surface area contributed by atoms with Gasteiger partial charge in [0.1, 0.15) is 0 Å². The number of rotatable bonds is 10. The Morgan fingerprint density at radius 2 is 0.889 bits per heavy atom. The third kappa shape index (κ3) is 5.45. The van der Waals surface area contributed by atoms with Gasteiger partial charge in [0, 0.05) is 0 Å². The minimum absolute atomic E-state index is 0.255. The van der Waals surface area contributed by atoms with Gasteiger partial charge in [0.25, 0.3) is 0 Å². The summed E-state index contributed by atoms with van der Waals surface area (Å²) >= 11 is -4.75. The topological polar surface area (TPSA) is 103 Å². The van der Waals surface area contributed by atoms with Crippen LogP contribution in [0.2, 0.25) is 0 Å². The fraction of sp³-hybridized carbons (Fsp3) is 0.167. The second-order valence-electron chi connectivity index (χ2n) is 10.5. The second kappa shape index (κ2) is 12.6. The summed E-state index contributed by atoms with van der Waals surface area (Å²) in [5.41, 5.74) is 5.05. The Morgan fingerprint density at radius 3 is 1.22 bits per heavy atom. The number of nitrogens with zero attached hydrogens (tertiary/aromatic N) is 2. The standard InChI is InChI=1S/2C11H11O2.2C7H5NO.Zr/c2*1-12-10-6-8-4-3-5-9(8)7-11(10)13-2;2*8-5-6-1-3-7(9)4-2-6;/h2*3-7H,1-2H3;2*1-4,9H;/q;;;;+2/p-2. The van der Waals surface area contributed by atoms with E-state index in [-0.39, 0.29) is 7.25 Å². The van der Waals surface area contributed by atoms with E-state index in [1.165, 1.54) is 0 Å². The van der Waals surface area contributed by atoms with E-state index >= 15 is 0 Å². The van der Waals surface area contributed by atoms with Crippen molar-refractivity contribution in [1.29, 1.82) is 10.5 Å². The SMILES string of the molecule is COc1cc2c(cc1OC)[CH]([Zr]([O]c1ccc(C#N)cc1)([O]c1ccc(C#N)cc1)[CH]1C=Cc3cc(OC)c(OC)cc31)C=C2. The molecule has 0 bridgehead atoms. The molecule has 0 aliphatic heterocycles. The maximum absolute atomic E-state index is 9.46. The van der Waals surface area contributed by atoms with Crippen LogP contribution >= 0.6 is 0 Å². The molecule has 0 heterocycles. The first-order valence-corrected chi connectivity index (χ1v) is 19.1. The molecule has 0 fully saturated rings. The van der Waals surface area contributed by atoms with Gasteiger partial charge in [-0.1, -0.05) is 0 Å². The van der Waals surface area contributed by atoms with Crippen LogP contribution < -0.4 is 24.6 Å². The Kier molecular flexibility index (Phi) is 8.39. The first-order valence-electron chi connectivity index (χ1n) is 14.2. The van der Waals surface area contributed by atoms with E-state index in [9.17, 15) is 10.5 Å². The predicted molar refractivity (Wildman–Crippen MR) is 166 cm³/mol. The van der Waals surface area contributed by atoms with E-state index < -0.39 is 21.1 Å². The van der Waals surface area contributed by atoms with Crippen molar-refractivity contribution in [1.82, 2.24) is 0 Å². The quantitative estimate of drug-likeness (QED) is 0.171. The zero-order valence-corrected chi connectivity index (χ0v) is 27.7. The molecule has 45 heavy (non-hydrogen) atoms. The molecule has 8 nitrogen and oxygen atoms in total. The number of benzene rings is 4. The average Bonchev–Trinajstić information content (AvgIpc) is 3.71. The Balaban J connectivity index is 1.60. The molecular formula is C36H30N2O6Zr. The molecule has 0 saturated heterocycles. The number of methoxy groups -OCH3 is 4. The van der Waals surface area contributed by atoms with Gasteiger partial charge in [0.15, 0.2) is 0 Å². The molecule has 2 unspecified atom stereocenters. The van der Waals surface area contributed by atoms with Crippen LogP contribution in [-0.4, -0.2) is 28.4 Å². The van der Waals surface area contributed by atoms with Gasteiger partial charge in [-0.15, -0.1) is 0 Å². The van der Waals surface area contributed by atoms with E-state index in [4.69, 9.17) is 24.6 Å². The number of nitriles is 2. The summed E-state index contributed by atoms with van der Waals surface area (Å²) in [5.74, 6) is 3.68. The van der Waals surface area contributed by atoms with Gasteiger partial charge in [-0.05, 0) is 0 Å². The fourth-order valence-electron chi connectivity index (χ4n) is 5.99. The third-order valence-electron chi connectivity index (χ3n) is 8.17. The molecule has 4 aromatic rings. The molecule has 0 spiro atoms. The van der Waals surface area contributed by atoms with Crippen molar-refractivity contribution in [2.75, 3.05) is 28.4 Å². The summed E-state index contributed by atoms with van der Waals surface area (Å²) < 4.78 is 36.7. The van der Waals surface area contributed by atoms with E-state index in [0.717, 1.165) is 22.3 Å². The molecule has 0 aromatic heterocycles. The van der Waals surface area contributed by atoms with Crippen LogP contribution in [0, 0.1) is 22.7 Å². The summed E-state index contributed by atoms with van der Waals surface area (Å²) in [5, 5.41) is 18.9. The number of hydrogen-bond acceptors (Lipinski definition) is 8. The van der Waals surface area contributed by atoms with E-state index in [0.29, 0.717) is 45.6 Å². The summed E-state index contributed by atoms with van der Waals surface area (Å²) in [4.78, 5) is 0. The average molecular weight is 678 g/mol. The van der Waals surface area contributed by atoms with Crippen LogP contribution in [0.25, 0.3) is 12.2 Å². The van der Waals surface area contributed by atoms with Crippen molar-refractivity contribution >= 4 is 12.2 Å². The number of ether oxygens (including phenoxy) is 4. The number of fused-ring (bicyclic) bond motifs is 2. The molecule has 2 aliphatic carbocycles.